The van der Waals surface area contributed by atoms with E-state index in [2.05, 4.69) is 16.4 Å². The molecule has 0 spiro atoms. The van der Waals surface area contributed by atoms with Gasteiger partial charge in [0.15, 0.2) is 5.16 Å². The first-order valence-electron chi connectivity index (χ1n) is 6.53. The Hall–Kier alpha value is -1.75. The average Bonchev–Trinajstić information content (AvgIpc) is 2.73. The Morgan fingerprint density at radius 2 is 2.00 bits per heavy atom. The molecule has 1 heterocycles. The summed E-state index contributed by atoms with van der Waals surface area (Å²) < 4.78 is 1.95. The molecule has 4 nitrogen and oxygen atoms in total. The average molecular weight is 289 g/mol. The first kappa shape index (κ1) is 14.7. The maximum atomic E-state index is 11.9. The molecule has 0 unspecified atom stereocenters. The third-order valence-electron chi connectivity index (χ3n) is 2.84. The molecular weight excluding hydrogens is 270 g/mol. The number of rotatable bonds is 5. The summed E-state index contributed by atoms with van der Waals surface area (Å²) in [6.45, 7) is 4.05. The van der Waals surface area contributed by atoms with E-state index < -0.39 is 0 Å². The molecule has 0 saturated carbocycles. The maximum Gasteiger partial charge on any atom is 0.225 e. The Morgan fingerprint density at radius 1 is 1.30 bits per heavy atom. The second-order valence-electron chi connectivity index (χ2n) is 4.84. The Labute approximate surface area is 123 Å². The fourth-order valence-corrected chi connectivity index (χ4v) is 2.87. The number of nitrogens with zero attached hydrogens (tertiary/aromatic N) is 2. The van der Waals surface area contributed by atoms with Gasteiger partial charge in [-0.15, -0.1) is 0 Å². The lowest BCUT2D eigenvalue weighted by molar-refractivity contribution is -0.115. The molecule has 0 saturated heterocycles. The van der Waals surface area contributed by atoms with E-state index in [1.54, 1.807) is 18.0 Å². The number of carbonyl (C=O) groups is 1. The van der Waals surface area contributed by atoms with E-state index >= 15 is 0 Å². The van der Waals surface area contributed by atoms with Crippen molar-refractivity contribution in [3.05, 3.63) is 41.7 Å². The molecule has 1 N–H and O–H groups in total. The highest BCUT2D eigenvalue weighted by molar-refractivity contribution is 7.99. The van der Waals surface area contributed by atoms with Crippen LogP contribution in [0.1, 0.15) is 17.5 Å². The number of hydrogen-bond donors (Lipinski definition) is 1. The van der Waals surface area contributed by atoms with Crippen molar-refractivity contribution in [2.75, 3.05) is 11.1 Å². The molecule has 106 valence electrons. The van der Waals surface area contributed by atoms with Crippen molar-refractivity contribution < 1.29 is 4.79 Å². The van der Waals surface area contributed by atoms with Crippen molar-refractivity contribution >= 4 is 23.4 Å². The Balaban J connectivity index is 1.82. The number of carbonyl (C=O) groups excluding carboxylic acids is 1. The molecule has 0 aliphatic rings. The first-order valence-corrected chi connectivity index (χ1v) is 7.51. The minimum absolute atomic E-state index is 0.0386. The number of nitrogens with one attached hydrogen (secondary N) is 1. The SMILES string of the molecule is Cc1cc(C)cc(NC(=O)CCSc2nccn2C)c1. The van der Waals surface area contributed by atoms with Crippen LogP contribution in [0.5, 0.6) is 0 Å². The number of aryl methyl sites for hydroxylation is 3. The van der Waals surface area contributed by atoms with Crippen LogP contribution in [0.2, 0.25) is 0 Å². The number of benzene rings is 1. The van der Waals surface area contributed by atoms with Crippen molar-refractivity contribution in [2.24, 2.45) is 7.05 Å². The third-order valence-corrected chi connectivity index (χ3v) is 3.90. The van der Waals surface area contributed by atoms with Gasteiger partial charge < -0.3 is 9.88 Å². The van der Waals surface area contributed by atoms with Gasteiger partial charge in [0.1, 0.15) is 0 Å². The standard InChI is InChI=1S/C15H19N3OS/c1-11-8-12(2)10-13(9-11)17-14(19)4-7-20-15-16-5-6-18(15)3/h5-6,8-10H,4,7H2,1-3H3,(H,17,19). The van der Waals surface area contributed by atoms with Crippen molar-refractivity contribution in [1.29, 1.82) is 0 Å². The van der Waals surface area contributed by atoms with Crippen molar-refractivity contribution in [3.63, 3.8) is 0 Å². The summed E-state index contributed by atoms with van der Waals surface area (Å²) in [4.78, 5) is 16.1. The van der Waals surface area contributed by atoms with Crippen LogP contribution in [-0.4, -0.2) is 21.2 Å². The molecule has 1 aromatic carbocycles. The molecule has 0 aliphatic carbocycles. The quantitative estimate of drug-likeness (QED) is 0.860. The molecule has 2 aromatic rings. The molecule has 0 atom stereocenters. The zero-order valence-corrected chi connectivity index (χ0v) is 12.8. The van der Waals surface area contributed by atoms with Gasteiger partial charge in [-0.25, -0.2) is 4.98 Å². The lowest BCUT2D eigenvalue weighted by Crippen LogP contribution is -2.12. The number of amides is 1. The summed E-state index contributed by atoms with van der Waals surface area (Å²) in [6.07, 6.45) is 4.14. The van der Waals surface area contributed by atoms with E-state index in [9.17, 15) is 4.79 Å². The van der Waals surface area contributed by atoms with Crippen LogP contribution in [0.4, 0.5) is 5.69 Å². The molecule has 5 heteroatoms. The van der Waals surface area contributed by atoms with E-state index in [1.807, 2.05) is 43.8 Å². The summed E-state index contributed by atoms with van der Waals surface area (Å²) in [5, 5.41) is 3.87. The highest BCUT2D eigenvalue weighted by Crippen LogP contribution is 2.17. The van der Waals surface area contributed by atoms with Gasteiger partial charge in [-0.05, 0) is 37.1 Å². The van der Waals surface area contributed by atoms with Gasteiger partial charge in [0, 0.05) is 37.3 Å². The van der Waals surface area contributed by atoms with Gasteiger partial charge >= 0.3 is 0 Å². The molecule has 0 radical (unpaired) electrons. The second-order valence-corrected chi connectivity index (χ2v) is 5.91. The zero-order valence-electron chi connectivity index (χ0n) is 12.0. The van der Waals surface area contributed by atoms with Crippen LogP contribution in [0.3, 0.4) is 0 Å². The predicted molar refractivity (Wildman–Crippen MR) is 83.1 cm³/mol. The summed E-state index contributed by atoms with van der Waals surface area (Å²) in [5.74, 6) is 0.762. The Bertz CT molecular complexity index is 587. The summed E-state index contributed by atoms with van der Waals surface area (Å²) >= 11 is 1.59. The Kier molecular flexibility index (Phi) is 4.84. The van der Waals surface area contributed by atoms with E-state index in [-0.39, 0.29) is 5.91 Å². The fourth-order valence-electron chi connectivity index (χ4n) is 2.00. The fraction of sp³-hybridized carbons (Fsp3) is 0.333. The minimum atomic E-state index is 0.0386. The molecule has 2 rings (SSSR count). The summed E-state index contributed by atoms with van der Waals surface area (Å²) in [7, 11) is 1.95. The number of aromatic nitrogens is 2. The maximum absolute atomic E-state index is 11.9. The molecular formula is C15H19N3OS. The second kappa shape index (κ2) is 6.61. The predicted octanol–water partition coefficient (Wildman–Crippen LogP) is 3.16. The molecule has 0 bridgehead atoms. The van der Waals surface area contributed by atoms with Gasteiger partial charge in [-0.2, -0.15) is 0 Å². The Morgan fingerprint density at radius 3 is 2.60 bits per heavy atom. The van der Waals surface area contributed by atoms with Gasteiger partial charge in [-0.1, -0.05) is 17.8 Å². The van der Waals surface area contributed by atoms with Gasteiger partial charge in [0.2, 0.25) is 5.91 Å². The minimum Gasteiger partial charge on any atom is -0.329 e. The van der Waals surface area contributed by atoms with E-state index in [0.29, 0.717) is 6.42 Å². The molecule has 1 amide bonds. The lowest BCUT2D eigenvalue weighted by Gasteiger charge is -2.07. The van der Waals surface area contributed by atoms with Crippen LogP contribution in [0, 0.1) is 13.8 Å². The topological polar surface area (TPSA) is 46.9 Å². The first-order chi connectivity index (χ1) is 9.54. The number of anilines is 1. The zero-order chi connectivity index (χ0) is 14.5. The summed E-state index contributed by atoms with van der Waals surface area (Å²) in [6, 6.07) is 6.06. The molecule has 20 heavy (non-hydrogen) atoms. The van der Waals surface area contributed by atoms with E-state index in [0.717, 1.165) is 27.7 Å². The molecule has 0 fully saturated rings. The van der Waals surface area contributed by atoms with Crippen LogP contribution < -0.4 is 5.32 Å². The van der Waals surface area contributed by atoms with Crippen molar-refractivity contribution in [2.45, 2.75) is 25.4 Å². The number of thioether (sulfide) groups is 1. The highest BCUT2D eigenvalue weighted by Gasteiger charge is 2.05. The molecule has 1 aromatic heterocycles. The van der Waals surface area contributed by atoms with Crippen molar-refractivity contribution in [1.82, 2.24) is 9.55 Å². The third kappa shape index (κ3) is 4.13. The van der Waals surface area contributed by atoms with Crippen LogP contribution in [0.15, 0.2) is 35.7 Å². The van der Waals surface area contributed by atoms with Gasteiger partial charge in [0.05, 0.1) is 0 Å². The smallest absolute Gasteiger partial charge is 0.225 e. The van der Waals surface area contributed by atoms with Crippen LogP contribution >= 0.6 is 11.8 Å². The number of imidazole rings is 1. The van der Waals surface area contributed by atoms with Gasteiger partial charge in [-0.3, -0.25) is 4.79 Å². The largest absolute Gasteiger partial charge is 0.329 e. The van der Waals surface area contributed by atoms with Crippen molar-refractivity contribution in [3.8, 4) is 0 Å². The molecule has 0 aliphatic heterocycles. The monoisotopic (exact) mass is 289 g/mol. The van der Waals surface area contributed by atoms with Gasteiger partial charge in [0.25, 0.3) is 0 Å². The van der Waals surface area contributed by atoms with E-state index in [4.69, 9.17) is 0 Å². The van der Waals surface area contributed by atoms with Crippen LogP contribution in [0.25, 0.3) is 0 Å². The van der Waals surface area contributed by atoms with E-state index in [1.165, 1.54) is 0 Å². The normalized spacial score (nSPS) is 10.6. The summed E-state index contributed by atoms with van der Waals surface area (Å²) in [5.41, 5.74) is 3.18. The lowest BCUT2D eigenvalue weighted by atomic mass is 10.1. The van der Waals surface area contributed by atoms with Crippen LogP contribution in [-0.2, 0) is 11.8 Å². The number of hydrogen-bond acceptors (Lipinski definition) is 3. The highest BCUT2D eigenvalue weighted by atomic mass is 32.2.